The molecule has 0 atom stereocenters. The Labute approximate surface area is 181 Å². The number of rotatable bonds is 7. The van der Waals surface area contributed by atoms with Crippen LogP contribution in [0.4, 0.5) is 0 Å². The number of amides is 1. The maximum atomic E-state index is 12.9. The van der Waals surface area contributed by atoms with Gasteiger partial charge in [0.15, 0.2) is 0 Å². The highest BCUT2D eigenvalue weighted by molar-refractivity contribution is 7.97. The summed E-state index contributed by atoms with van der Waals surface area (Å²) in [5.41, 5.74) is 3.34. The predicted molar refractivity (Wildman–Crippen MR) is 125 cm³/mol. The van der Waals surface area contributed by atoms with Crippen molar-refractivity contribution in [3.63, 3.8) is 0 Å². The molecule has 5 heteroatoms. The van der Waals surface area contributed by atoms with Crippen LogP contribution in [0.15, 0.2) is 18.2 Å². The fourth-order valence-electron chi connectivity index (χ4n) is 4.73. The SMILES string of the molecule is CCCSN1CCN(C2(CNC(=O)c3ccc(C)c(C)c3)CCCCCC2)CC1. The maximum absolute atomic E-state index is 12.9. The van der Waals surface area contributed by atoms with Crippen LogP contribution in [-0.2, 0) is 0 Å². The van der Waals surface area contributed by atoms with E-state index in [1.165, 1.54) is 61.8 Å². The average molecular weight is 418 g/mol. The van der Waals surface area contributed by atoms with Gasteiger partial charge in [0.05, 0.1) is 0 Å². The topological polar surface area (TPSA) is 35.6 Å². The van der Waals surface area contributed by atoms with Crippen molar-refractivity contribution in [2.75, 3.05) is 38.5 Å². The minimum Gasteiger partial charge on any atom is -0.350 e. The Bertz CT molecular complexity index is 662. The first-order valence-electron chi connectivity index (χ1n) is 11.5. The van der Waals surface area contributed by atoms with Crippen LogP contribution in [0.25, 0.3) is 0 Å². The number of carbonyl (C=O) groups excluding carboxylic acids is 1. The number of hydrogen-bond donors (Lipinski definition) is 1. The Kier molecular flexibility index (Phi) is 8.45. The third-order valence-corrected chi connectivity index (χ3v) is 8.09. The minimum absolute atomic E-state index is 0.0776. The number of piperazine rings is 1. The van der Waals surface area contributed by atoms with Crippen molar-refractivity contribution in [3.05, 3.63) is 34.9 Å². The van der Waals surface area contributed by atoms with Gasteiger partial charge in [0.2, 0.25) is 0 Å². The lowest BCUT2D eigenvalue weighted by Crippen LogP contribution is -2.60. The Morgan fingerprint density at radius 1 is 1.03 bits per heavy atom. The summed E-state index contributed by atoms with van der Waals surface area (Å²) in [6, 6.07) is 6.04. The molecule has 29 heavy (non-hydrogen) atoms. The van der Waals surface area contributed by atoms with Crippen LogP contribution in [0, 0.1) is 13.8 Å². The normalized spacial score (nSPS) is 20.9. The molecule has 0 radical (unpaired) electrons. The summed E-state index contributed by atoms with van der Waals surface area (Å²) in [7, 11) is 0. The van der Waals surface area contributed by atoms with Gasteiger partial charge in [0, 0.05) is 49.6 Å². The van der Waals surface area contributed by atoms with Gasteiger partial charge in [0.1, 0.15) is 0 Å². The van der Waals surface area contributed by atoms with Crippen molar-refractivity contribution in [1.29, 1.82) is 0 Å². The number of benzene rings is 1. The van der Waals surface area contributed by atoms with Gasteiger partial charge >= 0.3 is 0 Å². The fourth-order valence-corrected chi connectivity index (χ4v) is 5.60. The zero-order valence-electron chi connectivity index (χ0n) is 18.6. The molecule has 1 saturated carbocycles. The quantitative estimate of drug-likeness (QED) is 0.510. The molecule has 1 N–H and O–H groups in total. The highest BCUT2D eigenvalue weighted by Crippen LogP contribution is 2.34. The van der Waals surface area contributed by atoms with Crippen LogP contribution in [0.1, 0.15) is 73.4 Å². The van der Waals surface area contributed by atoms with Gasteiger partial charge in [-0.2, -0.15) is 0 Å². The summed E-state index contributed by atoms with van der Waals surface area (Å²) in [6.45, 7) is 11.7. The summed E-state index contributed by atoms with van der Waals surface area (Å²) >= 11 is 2.00. The molecule has 3 rings (SSSR count). The summed E-state index contributed by atoms with van der Waals surface area (Å²) in [4.78, 5) is 15.6. The molecule has 0 unspecified atom stereocenters. The molecule has 2 aliphatic rings. The molecule has 0 aromatic heterocycles. The Balaban J connectivity index is 1.65. The zero-order chi connectivity index (χ0) is 20.7. The summed E-state index contributed by atoms with van der Waals surface area (Å²) in [5.74, 6) is 1.30. The van der Waals surface area contributed by atoms with E-state index in [0.29, 0.717) is 0 Å². The molecule has 1 aliphatic carbocycles. The predicted octanol–water partition coefficient (Wildman–Crippen LogP) is 4.80. The Morgan fingerprint density at radius 2 is 1.72 bits per heavy atom. The second-order valence-corrected chi connectivity index (χ2v) is 10.1. The molecule has 1 heterocycles. The van der Waals surface area contributed by atoms with Crippen molar-refractivity contribution < 1.29 is 4.79 Å². The standard InChI is InChI=1S/C24H39N3OS/c1-4-17-29-27-15-13-26(14-16-27)24(11-7-5-6-8-12-24)19-25-23(28)22-10-9-20(2)21(3)18-22/h9-10,18H,4-8,11-17,19H2,1-3H3,(H,25,28). The number of carbonyl (C=O) groups is 1. The summed E-state index contributed by atoms with van der Waals surface area (Å²) in [5, 5.41) is 3.33. The molecule has 1 saturated heterocycles. The first-order chi connectivity index (χ1) is 14.0. The van der Waals surface area contributed by atoms with Crippen LogP contribution in [0.5, 0.6) is 0 Å². The van der Waals surface area contributed by atoms with Crippen molar-refractivity contribution in [2.24, 2.45) is 0 Å². The lowest BCUT2D eigenvalue weighted by Gasteiger charge is -2.47. The third kappa shape index (κ3) is 5.99. The van der Waals surface area contributed by atoms with E-state index in [1.807, 2.05) is 24.1 Å². The molecule has 1 aromatic rings. The molecule has 4 nitrogen and oxygen atoms in total. The molecule has 1 aliphatic heterocycles. The Hall–Kier alpha value is -1.04. The fraction of sp³-hybridized carbons (Fsp3) is 0.708. The molecule has 1 amide bonds. The van der Waals surface area contributed by atoms with E-state index in [4.69, 9.17) is 0 Å². The number of aryl methyl sites for hydroxylation is 2. The van der Waals surface area contributed by atoms with Gasteiger partial charge in [0.25, 0.3) is 5.91 Å². The van der Waals surface area contributed by atoms with E-state index in [0.717, 1.165) is 38.3 Å². The second-order valence-electron chi connectivity index (χ2n) is 8.87. The van der Waals surface area contributed by atoms with Crippen LogP contribution in [-0.4, -0.2) is 59.1 Å². The lowest BCUT2D eigenvalue weighted by atomic mass is 9.87. The Morgan fingerprint density at radius 3 is 2.34 bits per heavy atom. The van der Waals surface area contributed by atoms with Gasteiger partial charge in [-0.05, 0) is 56.4 Å². The second kappa shape index (κ2) is 10.8. The minimum atomic E-state index is 0.0776. The van der Waals surface area contributed by atoms with E-state index >= 15 is 0 Å². The first-order valence-corrected chi connectivity index (χ1v) is 12.5. The molecule has 2 fully saturated rings. The first kappa shape index (κ1) is 22.6. The van der Waals surface area contributed by atoms with E-state index in [2.05, 4.69) is 41.4 Å². The third-order valence-electron chi connectivity index (χ3n) is 6.77. The highest BCUT2D eigenvalue weighted by atomic mass is 32.2. The smallest absolute Gasteiger partial charge is 0.251 e. The zero-order valence-corrected chi connectivity index (χ0v) is 19.5. The van der Waals surface area contributed by atoms with E-state index < -0.39 is 0 Å². The average Bonchev–Trinajstić information content (AvgIpc) is 2.99. The van der Waals surface area contributed by atoms with E-state index in [9.17, 15) is 4.79 Å². The van der Waals surface area contributed by atoms with Gasteiger partial charge in [-0.15, -0.1) is 0 Å². The molecule has 0 bridgehead atoms. The highest BCUT2D eigenvalue weighted by Gasteiger charge is 2.38. The largest absolute Gasteiger partial charge is 0.350 e. The van der Waals surface area contributed by atoms with Gasteiger partial charge in [-0.1, -0.05) is 50.6 Å². The molecular weight excluding hydrogens is 378 g/mol. The van der Waals surface area contributed by atoms with Crippen molar-refractivity contribution in [1.82, 2.24) is 14.5 Å². The van der Waals surface area contributed by atoms with Crippen LogP contribution < -0.4 is 5.32 Å². The number of nitrogens with one attached hydrogen (secondary N) is 1. The lowest BCUT2D eigenvalue weighted by molar-refractivity contribution is 0.0410. The summed E-state index contributed by atoms with van der Waals surface area (Å²) in [6.07, 6.45) is 8.89. The van der Waals surface area contributed by atoms with Crippen molar-refractivity contribution in [3.8, 4) is 0 Å². The summed E-state index contributed by atoms with van der Waals surface area (Å²) < 4.78 is 2.54. The van der Waals surface area contributed by atoms with Gasteiger partial charge in [-0.25, -0.2) is 4.31 Å². The van der Waals surface area contributed by atoms with Crippen LogP contribution in [0.3, 0.4) is 0 Å². The van der Waals surface area contributed by atoms with Crippen LogP contribution in [0.2, 0.25) is 0 Å². The number of nitrogens with zero attached hydrogens (tertiary/aromatic N) is 2. The molecule has 1 aromatic carbocycles. The van der Waals surface area contributed by atoms with E-state index in [1.54, 1.807) is 0 Å². The molecule has 0 spiro atoms. The number of hydrogen-bond acceptors (Lipinski definition) is 4. The van der Waals surface area contributed by atoms with Crippen LogP contribution >= 0.6 is 11.9 Å². The monoisotopic (exact) mass is 417 g/mol. The van der Waals surface area contributed by atoms with Crippen molar-refractivity contribution >= 4 is 17.9 Å². The van der Waals surface area contributed by atoms with Gasteiger partial charge < -0.3 is 5.32 Å². The molecule has 162 valence electrons. The molecular formula is C24H39N3OS. The van der Waals surface area contributed by atoms with E-state index in [-0.39, 0.29) is 11.4 Å². The van der Waals surface area contributed by atoms with Crippen molar-refractivity contribution in [2.45, 2.75) is 71.3 Å². The maximum Gasteiger partial charge on any atom is 0.251 e. The van der Waals surface area contributed by atoms with Gasteiger partial charge in [-0.3, -0.25) is 9.69 Å².